The average Bonchev–Trinajstić information content (AvgIpc) is 2.35. The summed E-state index contributed by atoms with van der Waals surface area (Å²) in [4.78, 5) is 22.5. The van der Waals surface area contributed by atoms with E-state index in [1.165, 1.54) is 0 Å². The summed E-state index contributed by atoms with van der Waals surface area (Å²) < 4.78 is 21.9. The van der Waals surface area contributed by atoms with Crippen LogP contribution in [-0.4, -0.2) is 80.9 Å². The van der Waals surface area contributed by atoms with Gasteiger partial charge in [0.2, 0.25) is 0 Å². The van der Waals surface area contributed by atoms with Crippen molar-refractivity contribution in [3.8, 4) is 0 Å². The quantitative estimate of drug-likeness (QED) is 0.348. The smallest absolute Gasteiger partial charge is 0.335 e. The molecule has 0 fully saturated rings. The molecule has 0 aliphatic heterocycles. The molecule has 1 N–H and O–H groups in total. The highest BCUT2D eigenvalue weighted by molar-refractivity contribution is 7.44. The highest BCUT2D eigenvalue weighted by atomic mass is 31.1. The molecular formula is C13H27NO6P+. The molecule has 0 heterocycles. The molecule has 0 aromatic rings. The maximum Gasteiger partial charge on any atom is 0.335 e. The third-order valence-electron chi connectivity index (χ3n) is 2.62. The number of ether oxygens (including phenoxy) is 2. The molecule has 0 aromatic carbocycles. The van der Waals surface area contributed by atoms with Crippen LogP contribution in [0.1, 0.15) is 13.3 Å². The molecule has 0 aliphatic rings. The van der Waals surface area contributed by atoms with Crippen molar-refractivity contribution in [1.29, 1.82) is 0 Å². The minimum absolute atomic E-state index is 0.00629. The Labute approximate surface area is 126 Å². The second-order valence-corrected chi connectivity index (χ2v) is 7.82. The van der Waals surface area contributed by atoms with Gasteiger partial charge in [0.1, 0.15) is 0 Å². The molecule has 0 aliphatic carbocycles. The first-order valence-corrected chi connectivity index (χ1v) is 8.80. The van der Waals surface area contributed by atoms with Crippen molar-refractivity contribution in [2.24, 2.45) is 0 Å². The lowest BCUT2D eigenvalue weighted by Gasteiger charge is -2.23. The van der Waals surface area contributed by atoms with Gasteiger partial charge < -0.3 is 23.6 Å². The zero-order valence-electron chi connectivity index (χ0n) is 13.3. The minimum Gasteiger partial charge on any atom is -0.466 e. The number of rotatable bonds is 10. The molecule has 0 amide bonds. The maximum absolute atomic E-state index is 11.8. The fourth-order valence-corrected chi connectivity index (χ4v) is 2.91. The number of esters is 2. The molecule has 0 bridgehead atoms. The largest absolute Gasteiger partial charge is 0.466 e. The number of carbonyl (C=O) groups is 2. The third kappa shape index (κ3) is 11.4. The van der Waals surface area contributed by atoms with Gasteiger partial charge >= 0.3 is 11.9 Å². The van der Waals surface area contributed by atoms with E-state index in [0.29, 0.717) is 12.3 Å². The lowest BCUT2D eigenvalue weighted by Crippen LogP contribution is -2.36. The molecule has 0 saturated heterocycles. The molecule has 124 valence electrons. The van der Waals surface area contributed by atoms with Crippen LogP contribution < -0.4 is 0 Å². The molecule has 0 rings (SSSR count). The second kappa shape index (κ2) is 9.92. The Morgan fingerprint density at radius 1 is 1.19 bits per heavy atom. The molecule has 0 radical (unpaired) electrons. The van der Waals surface area contributed by atoms with E-state index < -0.39 is 32.3 Å². The maximum atomic E-state index is 11.8. The summed E-state index contributed by atoms with van der Waals surface area (Å²) in [5, 5.41) is 9.44. The number of hydrogen-bond donors (Lipinski definition) is 1. The fraction of sp³-hybridized carbons (Fsp3) is 0.846. The highest BCUT2D eigenvalue weighted by Gasteiger charge is 2.21. The Hall–Kier alpha value is -0.910. The van der Waals surface area contributed by atoms with Crippen LogP contribution >= 0.6 is 7.80 Å². The molecular weight excluding hydrogens is 297 g/mol. The van der Waals surface area contributed by atoms with E-state index in [-0.39, 0.29) is 13.2 Å². The van der Waals surface area contributed by atoms with Crippen LogP contribution in [0.15, 0.2) is 0 Å². The minimum atomic E-state index is -1.79. The molecule has 0 spiro atoms. The van der Waals surface area contributed by atoms with Crippen LogP contribution in [0.4, 0.5) is 0 Å². The first-order chi connectivity index (χ1) is 9.65. The lowest BCUT2D eigenvalue weighted by atomic mass is 10.2. The van der Waals surface area contributed by atoms with Gasteiger partial charge in [-0.2, -0.15) is 0 Å². The zero-order chi connectivity index (χ0) is 16.5. The van der Waals surface area contributed by atoms with Crippen LogP contribution in [0.2, 0.25) is 0 Å². The van der Waals surface area contributed by atoms with Gasteiger partial charge in [-0.05, 0) is 6.92 Å². The van der Waals surface area contributed by atoms with Crippen molar-refractivity contribution >= 4 is 19.7 Å². The van der Waals surface area contributed by atoms with Gasteiger partial charge in [0.15, 0.2) is 6.10 Å². The van der Waals surface area contributed by atoms with Gasteiger partial charge in [0.25, 0.3) is 0 Å². The number of quaternary nitrogens is 1. The molecule has 0 saturated carbocycles. The van der Waals surface area contributed by atoms with Crippen molar-refractivity contribution in [3.63, 3.8) is 0 Å². The van der Waals surface area contributed by atoms with Crippen LogP contribution in [0.25, 0.3) is 0 Å². The first kappa shape index (κ1) is 20.1. The third-order valence-corrected chi connectivity index (χ3v) is 4.17. The summed E-state index contributed by atoms with van der Waals surface area (Å²) in [6.07, 6.45) is -1.07. The van der Waals surface area contributed by atoms with E-state index in [1.54, 1.807) is 6.92 Å². The number of hydrogen-bond acceptors (Lipinski definition) is 6. The standard InChI is InChI=1S/C13H27NO6P/c1-5-19-12(16)10-11(15)13(17)20-7-9-21(18)8-6-14(2,3)4/h11,15,21H,5-10H2,1-4H3/q+1. The predicted molar refractivity (Wildman–Crippen MR) is 79.9 cm³/mol. The molecule has 7 nitrogen and oxygen atoms in total. The molecule has 2 unspecified atom stereocenters. The van der Waals surface area contributed by atoms with Crippen LogP contribution in [0.5, 0.6) is 0 Å². The van der Waals surface area contributed by atoms with Gasteiger partial charge in [0, 0.05) is 12.3 Å². The van der Waals surface area contributed by atoms with E-state index in [2.05, 4.69) is 4.74 Å². The Kier molecular flexibility index (Phi) is 9.49. The van der Waals surface area contributed by atoms with Gasteiger partial charge in [0.05, 0.1) is 55.1 Å². The Balaban J connectivity index is 3.88. The van der Waals surface area contributed by atoms with E-state index >= 15 is 0 Å². The van der Waals surface area contributed by atoms with Crippen LogP contribution in [0, 0.1) is 0 Å². The number of aliphatic hydroxyl groups excluding tert-OH is 1. The van der Waals surface area contributed by atoms with Crippen molar-refractivity contribution in [3.05, 3.63) is 0 Å². The highest BCUT2D eigenvalue weighted by Crippen LogP contribution is 2.20. The van der Waals surface area contributed by atoms with Crippen LogP contribution in [-0.2, 0) is 23.6 Å². The monoisotopic (exact) mass is 324 g/mol. The molecule has 21 heavy (non-hydrogen) atoms. The predicted octanol–water partition coefficient (Wildman–Crippen LogP) is 0.110. The Morgan fingerprint density at radius 2 is 1.81 bits per heavy atom. The summed E-state index contributed by atoms with van der Waals surface area (Å²) in [7, 11) is 4.25. The van der Waals surface area contributed by atoms with E-state index in [9.17, 15) is 19.3 Å². The Bertz CT molecular complexity index is 366. The first-order valence-electron chi connectivity index (χ1n) is 6.98. The van der Waals surface area contributed by atoms with E-state index in [1.807, 2.05) is 21.1 Å². The zero-order valence-corrected chi connectivity index (χ0v) is 14.3. The Morgan fingerprint density at radius 3 is 2.33 bits per heavy atom. The molecule has 0 aromatic heterocycles. The normalized spacial score (nSPS) is 14.3. The lowest BCUT2D eigenvalue weighted by molar-refractivity contribution is -0.867. The summed E-state index contributed by atoms with van der Waals surface area (Å²) in [6.45, 7) is 2.61. The molecule has 8 heteroatoms. The van der Waals surface area contributed by atoms with Crippen molar-refractivity contribution in [2.45, 2.75) is 19.4 Å². The summed E-state index contributed by atoms with van der Waals surface area (Å²) in [6, 6.07) is 0. The number of aliphatic hydroxyl groups is 1. The average molecular weight is 324 g/mol. The van der Waals surface area contributed by atoms with Gasteiger partial charge in [-0.3, -0.25) is 4.79 Å². The van der Waals surface area contributed by atoms with Crippen molar-refractivity contribution in [1.82, 2.24) is 0 Å². The van der Waals surface area contributed by atoms with E-state index in [4.69, 9.17) is 4.74 Å². The summed E-state index contributed by atoms with van der Waals surface area (Å²) in [5.74, 6) is -1.54. The van der Waals surface area contributed by atoms with Gasteiger partial charge in [-0.25, -0.2) is 4.79 Å². The topological polar surface area (TPSA) is 89.9 Å². The number of nitrogens with zero attached hydrogens (tertiary/aromatic N) is 1. The van der Waals surface area contributed by atoms with E-state index in [0.717, 1.165) is 11.0 Å². The van der Waals surface area contributed by atoms with Crippen molar-refractivity contribution in [2.75, 3.05) is 53.2 Å². The van der Waals surface area contributed by atoms with Crippen molar-refractivity contribution < 1.29 is 33.2 Å². The number of carbonyl (C=O) groups excluding carboxylic acids is 2. The molecule has 2 atom stereocenters. The summed E-state index contributed by atoms with van der Waals surface area (Å²) >= 11 is 0. The SMILES string of the molecule is CCOC(=O)CC(O)C(=O)OCC[PH](=O)CC[N+](C)(C)C. The van der Waals surface area contributed by atoms with Gasteiger partial charge in [-0.1, -0.05) is 0 Å². The van der Waals surface area contributed by atoms with Gasteiger partial charge in [-0.15, -0.1) is 0 Å². The fourth-order valence-electron chi connectivity index (χ4n) is 1.41. The second-order valence-electron chi connectivity index (χ2n) is 5.75. The summed E-state index contributed by atoms with van der Waals surface area (Å²) in [5.41, 5.74) is 0. The van der Waals surface area contributed by atoms with Crippen LogP contribution in [0.3, 0.4) is 0 Å².